The molecule has 3 rings (SSSR count). The highest BCUT2D eigenvalue weighted by Gasteiger charge is 2.31. The number of hydrogen-bond acceptors (Lipinski definition) is 6. The number of benzene rings is 1. The van der Waals surface area contributed by atoms with Gasteiger partial charge in [0.05, 0.1) is 12.8 Å². The average molecular weight is 400 g/mol. The molecule has 1 fully saturated rings. The number of methoxy groups -OCH3 is 1. The van der Waals surface area contributed by atoms with E-state index in [9.17, 15) is 4.79 Å². The summed E-state index contributed by atoms with van der Waals surface area (Å²) in [4.78, 5) is 22.1. The fraction of sp³-hybridized carbons (Fsp3) is 0.545. The van der Waals surface area contributed by atoms with E-state index in [1.807, 2.05) is 12.1 Å². The third-order valence-corrected chi connectivity index (χ3v) is 5.36. The first-order valence-corrected chi connectivity index (χ1v) is 10.1. The summed E-state index contributed by atoms with van der Waals surface area (Å²) >= 11 is 0. The van der Waals surface area contributed by atoms with Gasteiger partial charge in [-0.05, 0) is 37.2 Å². The maximum absolute atomic E-state index is 12.3. The molecule has 1 saturated heterocycles. The van der Waals surface area contributed by atoms with Crippen molar-refractivity contribution in [2.24, 2.45) is 5.41 Å². The van der Waals surface area contributed by atoms with Gasteiger partial charge in [-0.15, -0.1) is 0 Å². The minimum absolute atomic E-state index is 0.0517. The molecule has 7 nitrogen and oxygen atoms in total. The second-order valence-corrected chi connectivity index (χ2v) is 8.92. The molecule has 0 unspecified atom stereocenters. The normalized spacial score (nSPS) is 19.5. The molecular weight excluding hydrogens is 366 g/mol. The topological polar surface area (TPSA) is 82.3 Å². The molecule has 1 aliphatic heterocycles. The molecule has 0 radical (unpaired) electrons. The molecule has 0 aliphatic carbocycles. The molecule has 7 heteroatoms. The average Bonchev–Trinajstić information content (AvgIpc) is 3.15. The molecule has 0 bridgehead atoms. The Morgan fingerprint density at radius 1 is 1.24 bits per heavy atom. The van der Waals surface area contributed by atoms with Crippen LogP contribution in [-0.2, 0) is 0 Å². The van der Waals surface area contributed by atoms with Crippen LogP contribution in [0.15, 0.2) is 35.1 Å². The summed E-state index contributed by atoms with van der Waals surface area (Å²) in [6, 6.07) is 9.77. The highest BCUT2D eigenvalue weighted by atomic mass is 16.5. The van der Waals surface area contributed by atoms with Crippen molar-refractivity contribution in [3.05, 3.63) is 51.9 Å². The van der Waals surface area contributed by atoms with E-state index in [0.29, 0.717) is 5.95 Å². The van der Waals surface area contributed by atoms with Gasteiger partial charge in [-0.2, -0.15) is 0 Å². The molecule has 2 heterocycles. The van der Waals surface area contributed by atoms with Gasteiger partial charge in [0.25, 0.3) is 5.56 Å². The Morgan fingerprint density at radius 3 is 2.72 bits per heavy atom. The third-order valence-electron chi connectivity index (χ3n) is 5.36. The second kappa shape index (κ2) is 8.97. The first-order chi connectivity index (χ1) is 13.8. The molecule has 1 aliphatic rings. The van der Waals surface area contributed by atoms with Crippen molar-refractivity contribution in [2.75, 3.05) is 52.7 Å². The van der Waals surface area contributed by atoms with E-state index >= 15 is 0 Å². The van der Waals surface area contributed by atoms with E-state index in [0.717, 1.165) is 37.6 Å². The van der Waals surface area contributed by atoms with Crippen LogP contribution in [0.4, 0.5) is 5.95 Å². The van der Waals surface area contributed by atoms with E-state index in [1.54, 1.807) is 13.2 Å². The largest absolute Gasteiger partial charge is 0.497 e. The predicted molar refractivity (Wildman–Crippen MR) is 117 cm³/mol. The monoisotopic (exact) mass is 399 g/mol. The van der Waals surface area contributed by atoms with Crippen LogP contribution in [0.5, 0.6) is 5.75 Å². The summed E-state index contributed by atoms with van der Waals surface area (Å²) in [5.41, 5.74) is 1.94. The Labute approximate surface area is 172 Å². The standard InChI is InChI=1S/C22H33N5O2/c1-22(2,14-27(3)4)13-24-21-25-19(10-20(28)26-21)18-12-23-11-17(18)15-7-6-8-16(9-15)29-5/h6-10,17-18,23H,11-14H2,1-5H3,(H2,24,25,26,28)/t17-,18+/m0/s1. The van der Waals surface area contributed by atoms with Crippen LogP contribution in [0.25, 0.3) is 0 Å². The first-order valence-electron chi connectivity index (χ1n) is 10.1. The SMILES string of the molecule is COc1cccc([C@@H]2CNC[C@H]2c2cc(=O)[nH]c(NCC(C)(C)CN(C)C)n2)c1. The van der Waals surface area contributed by atoms with E-state index in [2.05, 4.69) is 60.6 Å². The number of H-pyrrole nitrogens is 1. The Hall–Kier alpha value is -2.38. The lowest BCUT2D eigenvalue weighted by Crippen LogP contribution is -2.35. The van der Waals surface area contributed by atoms with Crippen LogP contribution < -0.4 is 20.9 Å². The van der Waals surface area contributed by atoms with Crippen molar-refractivity contribution >= 4 is 5.95 Å². The number of aromatic amines is 1. The zero-order valence-corrected chi connectivity index (χ0v) is 18.1. The number of aromatic nitrogens is 2. The number of rotatable bonds is 8. The molecule has 2 aromatic rings. The van der Waals surface area contributed by atoms with Gasteiger partial charge < -0.3 is 20.3 Å². The zero-order chi connectivity index (χ0) is 21.0. The van der Waals surface area contributed by atoms with Crippen molar-refractivity contribution in [1.29, 1.82) is 0 Å². The molecule has 0 amide bonds. The van der Waals surface area contributed by atoms with Gasteiger partial charge in [0.2, 0.25) is 5.95 Å². The summed E-state index contributed by atoms with van der Waals surface area (Å²) in [7, 11) is 5.81. The lowest BCUT2D eigenvalue weighted by atomic mass is 9.86. The van der Waals surface area contributed by atoms with E-state index in [-0.39, 0.29) is 22.8 Å². The van der Waals surface area contributed by atoms with Crippen LogP contribution in [0.1, 0.15) is 36.9 Å². The Morgan fingerprint density at radius 2 is 2.00 bits per heavy atom. The van der Waals surface area contributed by atoms with Gasteiger partial charge in [0.1, 0.15) is 5.75 Å². The van der Waals surface area contributed by atoms with Crippen molar-refractivity contribution in [2.45, 2.75) is 25.7 Å². The van der Waals surface area contributed by atoms with Crippen molar-refractivity contribution in [3.8, 4) is 5.75 Å². The predicted octanol–water partition coefficient (Wildman–Crippen LogP) is 2.25. The lowest BCUT2D eigenvalue weighted by molar-refractivity contribution is 0.254. The van der Waals surface area contributed by atoms with Crippen molar-refractivity contribution < 1.29 is 4.74 Å². The summed E-state index contributed by atoms with van der Waals surface area (Å²) in [5.74, 6) is 1.77. The van der Waals surface area contributed by atoms with Gasteiger partial charge in [0.15, 0.2) is 0 Å². The molecule has 0 spiro atoms. The summed E-state index contributed by atoms with van der Waals surface area (Å²) < 4.78 is 5.38. The molecule has 3 N–H and O–H groups in total. The van der Waals surface area contributed by atoms with Gasteiger partial charge >= 0.3 is 0 Å². The molecular formula is C22H33N5O2. The van der Waals surface area contributed by atoms with Crippen LogP contribution in [-0.4, -0.2) is 62.3 Å². The Bertz CT molecular complexity index is 878. The van der Waals surface area contributed by atoms with Gasteiger partial charge in [0, 0.05) is 44.1 Å². The van der Waals surface area contributed by atoms with Crippen LogP contribution in [0, 0.1) is 5.41 Å². The van der Waals surface area contributed by atoms with Crippen molar-refractivity contribution in [3.63, 3.8) is 0 Å². The fourth-order valence-corrected chi connectivity index (χ4v) is 4.20. The number of nitrogens with one attached hydrogen (secondary N) is 3. The zero-order valence-electron chi connectivity index (χ0n) is 18.1. The first kappa shape index (κ1) is 21.3. The fourth-order valence-electron chi connectivity index (χ4n) is 4.20. The Kier molecular flexibility index (Phi) is 6.59. The second-order valence-electron chi connectivity index (χ2n) is 8.92. The van der Waals surface area contributed by atoms with E-state index < -0.39 is 0 Å². The molecule has 0 saturated carbocycles. The molecule has 2 atom stereocenters. The minimum Gasteiger partial charge on any atom is -0.497 e. The van der Waals surface area contributed by atoms with Crippen LogP contribution in [0.3, 0.4) is 0 Å². The quantitative estimate of drug-likeness (QED) is 0.632. The van der Waals surface area contributed by atoms with Crippen LogP contribution in [0.2, 0.25) is 0 Å². The number of anilines is 1. The summed E-state index contributed by atoms with van der Waals surface area (Å²) in [6.07, 6.45) is 0. The maximum atomic E-state index is 12.3. The minimum atomic E-state index is -0.126. The third kappa shape index (κ3) is 5.58. The molecule has 158 valence electrons. The van der Waals surface area contributed by atoms with E-state index in [1.165, 1.54) is 5.56 Å². The molecule has 29 heavy (non-hydrogen) atoms. The van der Waals surface area contributed by atoms with Crippen LogP contribution >= 0.6 is 0 Å². The van der Waals surface area contributed by atoms with E-state index in [4.69, 9.17) is 9.72 Å². The summed E-state index contributed by atoms with van der Waals surface area (Å²) in [5, 5.41) is 6.79. The molecule has 1 aromatic carbocycles. The summed E-state index contributed by atoms with van der Waals surface area (Å²) in [6.45, 7) is 7.70. The van der Waals surface area contributed by atoms with Gasteiger partial charge in [-0.25, -0.2) is 4.98 Å². The Balaban J connectivity index is 1.80. The molecule has 1 aromatic heterocycles. The van der Waals surface area contributed by atoms with Gasteiger partial charge in [-0.1, -0.05) is 26.0 Å². The highest BCUT2D eigenvalue weighted by molar-refractivity contribution is 5.36. The smallest absolute Gasteiger partial charge is 0.252 e. The maximum Gasteiger partial charge on any atom is 0.252 e. The van der Waals surface area contributed by atoms with Gasteiger partial charge in [-0.3, -0.25) is 9.78 Å². The lowest BCUT2D eigenvalue weighted by Gasteiger charge is -2.28. The number of ether oxygens (including phenoxy) is 1. The number of hydrogen-bond donors (Lipinski definition) is 3. The van der Waals surface area contributed by atoms with Crippen molar-refractivity contribution in [1.82, 2.24) is 20.2 Å². The number of nitrogens with zero attached hydrogens (tertiary/aromatic N) is 2. The highest BCUT2D eigenvalue weighted by Crippen LogP contribution is 2.36.